The van der Waals surface area contributed by atoms with Gasteiger partial charge in [0.15, 0.2) is 0 Å². The van der Waals surface area contributed by atoms with E-state index in [4.69, 9.17) is 11.6 Å². The monoisotopic (exact) mass is 452 g/mol. The molecule has 168 valence electrons. The summed E-state index contributed by atoms with van der Waals surface area (Å²) in [6, 6.07) is 15.9. The fraction of sp³-hybridized carbons (Fsp3) is 0.320. The molecule has 0 radical (unpaired) electrons. The summed E-state index contributed by atoms with van der Waals surface area (Å²) in [5.74, 6) is -0.518. The largest absolute Gasteiger partial charge is 0.340 e. The molecular formula is C25H29ClN4O2. The number of aryl methyl sites for hydroxylation is 1. The van der Waals surface area contributed by atoms with Gasteiger partial charge in [0.05, 0.1) is 11.4 Å². The number of carbonyl (C=O) groups is 2. The van der Waals surface area contributed by atoms with Gasteiger partial charge in [-0.15, -0.1) is 0 Å². The quantitative estimate of drug-likeness (QED) is 0.571. The van der Waals surface area contributed by atoms with Gasteiger partial charge < -0.3 is 10.2 Å². The molecule has 0 spiro atoms. The first-order valence-corrected chi connectivity index (χ1v) is 11.0. The fourth-order valence-corrected chi connectivity index (χ4v) is 3.74. The van der Waals surface area contributed by atoms with Gasteiger partial charge in [-0.05, 0) is 56.2 Å². The Hall–Kier alpha value is -3.12. The lowest BCUT2D eigenvalue weighted by Gasteiger charge is -2.27. The maximum absolute atomic E-state index is 13.3. The second kappa shape index (κ2) is 10.0. The van der Waals surface area contributed by atoms with E-state index in [-0.39, 0.29) is 17.7 Å². The molecule has 0 bridgehead atoms. The molecule has 32 heavy (non-hydrogen) atoms. The van der Waals surface area contributed by atoms with E-state index in [9.17, 15) is 9.59 Å². The van der Waals surface area contributed by atoms with Crippen LogP contribution in [-0.4, -0.2) is 39.6 Å². The van der Waals surface area contributed by atoms with E-state index in [1.54, 1.807) is 36.2 Å². The van der Waals surface area contributed by atoms with Crippen molar-refractivity contribution in [1.82, 2.24) is 20.0 Å². The molecule has 6 nitrogen and oxygen atoms in total. The summed E-state index contributed by atoms with van der Waals surface area (Å²) < 4.78 is 1.89. The van der Waals surface area contributed by atoms with Gasteiger partial charge in [0.25, 0.3) is 5.91 Å². The van der Waals surface area contributed by atoms with Crippen LogP contribution in [0.4, 0.5) is 0 Å². The average molecular weight is 453 g/mol. The maximum atomic E-state index is 13.3. The first-order valence-electron chi connectivity index (χ1n) is 10.6. The van der Waals surface area contributed by atoms with Crippen LogP contribution in [0.15, 0.2) is 54.6 Å². The Bertz CT molecular complexity index is 1090. The van der Waals surface area contributed by atoms with E-state index in [0.717, 1.165) is 22.6 Å². The molecule has 1 atom stereocenters. The standard InChI is InChI=1S/C25H29ClN4O2/c1-16(2)23(27-24(31)19-11-13-20(26)14-12-19)25(32)29(5)15-22-17(3)28-30(18(22)4)21-9-7-6-8-10-21/h6-14,16,23H,15H2,1-5H3,(H,27,31). The summed E-state index contributed by atoms with van der Waals surface area (Å²) >= 11 is 5.91. The zero-order valence-electron chi connectivity index (χ0n) is 19.1. The Morgan fingerprint density at radius 1 is 1.06 bits per heavy atom. The molecule has 1 N–H and O–H groups in total. The van der Waals surface area contributed by atoms with Crippen LogP contribution < -0.4 is 5.32 Å². The van der Waals surface area contributed by atoms with E-state index in [0.29, 0.717) is 17.1 Å². The van der Waals surface area contributed by atoms with E-state index < -0.39 is 6.04 Å². The summed E-state index contributed by atoms with van der Waals surface area (Å²) in [6.07, 6.45) is 0. The second-order valence-corrected chi connectivity index (χ2v) is 8.73. The Labute approximate surface area is 194 Å². The molecule has 3 aromatic rings. The number of amides is 2. The highest BCUT2D eigenvalue weighted by Gasteiger charge is 2.28. The van der Waals surface area contributed by atoms with Gasteiger partial charge in [-0.25, -0.2) is 4.68 Å². The van der Waals surface area contributed by atoms with Gasteiger partial charge in [0.2, 0.25) is 5.91 Å². The molecule has 0 aliphatic carbocycles. The maximum Gasteiger partial charge on any atom is 0.251 e. The molecule has 0 fully saturated rings. The minimum atomic E-state index is -0.645. The van der Waals surface area contributed by atoms with Crippen molar-refractivity contribution >= 4 is 23.4 Å². The van der Waals surface area contributed by atoms with Crippen molar-refractivity contribution in [2.75, 3.05) is 7.05 Å². The van der Waals surface area contributed by atoms with Crippen LogP contribution in [0.25, 0.3) is 5.69 Å². The summed E-state index contributed by atoms with van der Waals surface area (Å²) in [5.41, 5.74) is 4.29. The number of para-hydroxylation sites is 1. The molecule has 1 unspecified atom stereocenters. The second-order valence-electron chi connectivity index (χ2n) is 8.29. The first kappa shape index (κ1) is 23.5. The van der Waals surface area contributed by atoms with E-state index in [1.807, 2.05) is 62.7 Å². The predicted octanol–water partition coefficient (Wildman–Crippen LogP) is 4.56. The zero-order valence-corrected chi connectivity index (χ0v) is 19.8. The van der Waals surface area contributed by atoms with Crippen LogP contribution in [-0.2, 0) is 11.3 Å². The number of nitrogens with zero attached hydrogens (tertiary/aromatic N) is 3. The normalized spacial score (nSPS) is 12.0. The molecule has 1 aromatic heterocycles. The third-order valence-electron chi connectivity index (χ3n) is 5.54. The molecule has 0 saturated heterocycles. The van der Waals surface area contributed by atoms with Gasteiger partial charge in [-0.1, -0.05) is 43.6 Å². The molecule has 1 heterocycles. The summed E-state index contributed by atoms with van der Waals surface area (Å²) in [6.45, 7) is 8.19. The SMILES string of the molecule is Cc1nn(-c2ccccc2)c(C)c1CN(C)C(=O)C(NC(=O)c1ccc(Cl)cc1)C(C)C. The van der Waals surface area contributed by atoms with Crippen molar-refractivity contribution in [3.63, 3.8) is 0 Å². The van der Waals surface area contributed by atoms with Crippen molar-refractivity contribution in [1.29, 1.82) is 0 Å². The highest BCUT2D eigenvalue weighted by atomic mass is 35.5. The van der Waals surface area contributed by atoms with Crippen LogP contribution >= 0.6 is 11.6 Å². The van der Waals surface area contributed by atoms with E-state index in [1.165, 1.54) is 0 Å². The summed E-state index contributed by atoms with van der Waals surface area (Å²) in [7, 11) is 1.75. The van der Waals surface area contributed by atoms with Gasteiger partial charge >= 0.3 is 0 Å². The Morgan fingerprint density at radius 2 is 1.69 bits per heavy atom. The topological polar surface area (TPSA) is 67.2 Å². The summed E-state index contributed by atoms with van der Waals surface area (Å²) in [4.78, 5) is 27.6. The third-order valence-corrected chi connectivity index (χ3v) is 5.79. The number of likely N-dealkylation sites (N-methyl/N-ethyl adjacent to an activating group) is 1. The lowest BCUT2D eigenvalue weighted by Crippen LogP contribution is -2.50. The minimum Gasteiger partial charge on any atom is -0.340 e. The van der Waals surface area contributed by atoms with Crippen molar-refractivity contribution in [3.05, 3.63) is 82.1 Å². The predicted molar refractivity (Wildman–Crippen MR) is 127 cm³/mol. The van der Waals surface area contributed by atoms with Crippen LogP contribution in [0.5, 0.6) is 0 Å². The molecular weight excluding hydrogens is 424 g/mol. The number of carbonyl (C=O) groups excluding carboxylic acids is 2. The fourth-order valence-electron chi connectivity index (χ4n) is 3.62. The van der Waals surface area contributed by atoms with Gasteiger partial charge in [-0.2, -0.15) is 5.10 Å². The highest BCUT2D eigenvalue weighted by Crippen LogP contribution is 2.20. The zero-order chi connectivity index (χ0) is 23.4. The van der Waals surface area contributed by atoms with Crippen molar-refractivity contribution < 1.29 is 9.59 Å². The molecule has 2 amide bonds. The van der Waals surface area contributed by atoms with Crippen molar-refractivity contribution in [2.24, 2.45) is 5.92 Å². The third kappa shape index (κ3) is 5.19. The van der Waals surface area contributed by atoms with Crippen LogP contribution in [0.1, 0.15) is 41.2 Å². The molecule has 0 aliphatic heterocycles. The molecule has 0 aliphatic rings. The number of hydrogen-bond donors (Lipinski definition) is 1. The molecule has 3 rings (SSSR count). The van der Waals surface area contributed by atoms with Crippen LogP contribution in [0.3, 0.4) is 0 Å². The Kier molecular flexibility index (Phi) is 7.36. The lowest BCUT2D eigenvalue weighted by atomic mass is 10.0. The van der Waals surface area contributed by atoms with Gasteiger partial charge in [0.1, 0.15) is 6.04 Å². The lowest BCUT2D eigenvalue weighted by molar-refractivity contribution is -0.133. The van der Waals surface area contributed by atoms with Crippen LogP contribution in [0, 0.1) is 19.8 Å². The number of halogens is 1. The average Bonchev–Trinajstić information content (AvgIpc) is 3.06. The van der Waals surface area contributed by atoms with Crippen molar-refractivity contribution in [3.8, 4) is 5.69 Å². The highest BCUT2D eigenvalue weighted by molar-refractivity contribution is 6.30. The molecule has 2 aromatic carbocycles. The molecule has 0 saturated carbocycles. The molecule has 7 heteroatoms. The van der Waals surface area contributed by atoms with Gasteiger partial charge in [-0.3, -0.25) is 9.59 Å². The smallest absolute Gasteiger partial charge is 0.251 e. The number of hydrogen-bond acceptors (Lipinski definition) is 3. The minimum absolute atomic E-state index is 0.0737. The number of nitrogens with one attached hydrogen (secondary N) is 1. The number of aromatic nitrogens is 2. The first-order chi connectivity index (χ1) is 15.2. The number of rotatable bonds is 7. The van der Waals surface area contributed by atoms with E-state index >= 15 is 0 Å². The van der Waals surface area contributed by atoms with Crippen molar-refractivity contribution in [2.45, 2.75) is 40.3 Å². The Balaban J connectivity index is 1.76. The van der Waals surface area contributed by atoms with E-state index in [2.05, 4.69) is 10.4 Å². The summed E-state index contributed by atoms with van der Waals surface area (Å²) in [5, 5.41) is 8.11. The van der Waals surface area contributed by atoms with Gasteiger partial charge in [0, 0.05) is 35.4 Å². The van der Waals surface area contributed by atoms with Crippen LogP contribution in [0.2, 0.25) is 5.02 Å². The number of benzene rings is 2. The Morgan fingerprint density at radius 3 is 2.28 bits per heavy atom.